The molecule has 2 heterocycles. The molecule has 0 amide bonds. The van der Waals surface area contributed by atoms with Crippen LogP contribution >= 0.6 is 15.9 Å². The van der Waals surface area contributed by atoms with Crippen LogP contribution in [0.15, 0.2) is 28.9 Å². The highest BCUT2D eigenvalue weighted by Gasteiger charge is 2.19. The van der Waals surface area contributed by atoms with Crippen molar-refractivity contribution in [2.75, 3.05) is 13.1 Å². The molecule has 1 aliphatic rings. The van der Waals surface area contributed by atoms with Gasteiger partial charge in [-0.2, -0.15) is 0 Å². The molecule has 1 aromatic carbocycles. The van der Waals surface area contributed by atoms with Crippen LogP contribution in [0.2, 0.25) is 0 Å². The van der Waals surface area contributed by atoms with Crippen molar-refractivity contribution in [1.29, 1.82) is 0 Å². The molecule has 0 radical (unpaired) electrons. The molecular weight excluding hydrogens is 276 g/mol. The monoisotopic (exact) mass is 292 g/mol. The Bertz CT molecular complexity index is 538. The molecule has 1 aliphatic heterocycles. The fourth-order valence-electron chi connectivity index (χ4n) is 2.89. The van der Waals surface area contributed by atoms with Gasteiger partial charge in [-0.1, -0.05) is 12.1 Å². The van der Waals surface area contributed by atoms with E-state index in [1.807, 2.05) is 0 Å². The van der Waals surface area contributed by atoms with Crippen molar-refractivity contribution in [3.05, 3.63) is 34.4 Å². The Labute approximate surface area is 110 Å². The Hall–Kier alpha value is -0.800. The normalized spacial score (nSPS) is 17.8. The quantitative estimate of drug-likeness (QED) is 0.852. The zero-order chi connectivity index (χ0) is 11.8. The highest BCUT2D eigenvalue weighted by atomic mass is 79.9. The fourth-order valence-corrected chi connectivity index (χ4v) is 3.63. The van der Waals surface area contributed by atoms with Gasteiger partial charge in [-0.3, -0.25) is 0 Å². The molecule has 2 nitrogen and oxygen atoms in total. The van der Waals surface area contributed by atoms with Crippen molar-refractivity contribution < 1.29 is 0 Å². The lowest BCUT2D eigenvalue weighted by molar-refractivity contribution is 0.462. The van der Waals surface area contributed by atoms with Gasteiger partial charge in [0, 0.05) is 28.6 Å². The standard InChI is InChI=1S/C14H17BrN2/c1-17-9-12(15)14-11(3-2-4-13(14)17)10-5-7-16-8-6-10/h2-4,9-10,16H,5-8H2,1H3. The highest BCUT2D eigenvalue weighted by molar-refractivity contribution is 9.10. The number of hydrogen-bond donors (Lipinski definition) is 1. The first-order valence-electron chi connectivity index (χ1n) is 6.21. The van der Waals surface area contributed by atoms with Crippen LogP contribution in [0.5, 0.6) is 0 Å². The van der Waals surface area contributed by atoms with Gasteiger partial charge in [0.25, 0.3) is 0 Å². The second-order valence-corrected chi connectivity index (χ2v) is 5.71. The minimum absolute atomic E-state index is 0.707. The summed E-state index contributed by atoms with van der Waals surface area (Å²) in [6.07, 6.45) is 4.66. The Balaban J connectivity index is 2.15. The average molecular weight is 293 g/mol. The summed E-state index contributed by atoms with van der Waals surface area (Å²) in [7, 11) is 2.11. The molecule has 90 valence electrons. The summed E-state index contributed by atoms with van der Waals surface area (Å²) in [5.74, 6) is 0.707. The van der Waals surface area contributed by atoms with E-state index in [0.717, 1.165) is 13.1 Å². The van der Waals surface area contributed by atoms with Crippen LogP contribution in [0, 0.1) is 0 Å². The Morgan fingerprint density at radius 3 is 2.82 bits per heavy atom. The van der Waals surface area contributed by atoms with Gasteiger partial charge >= 0.3 is 0 Å². The van der Waals surface area contributed by atoms with Crippen LogP contribution in [0.1, 0.15) is 24.3 Å². The smallest absolute Gasteiger partial charge is 0.0492 e. The van der Waals surface area contributed by atoms with Gasteiger partial charge in [-0.15, -0.1) is 0 Å². The summed E-state index contributed by atoms with van der Waals surface area (Å²) >= 11 is 3.70. The summed E-state index contributed by atoms with van der Waals surface area (Å²) in [6, 6.07) is 6.68. The van der Waals surface area contributed by atoms with Crippen LogP contribution < -0.4 is 5.32 Å². The van der Waals surface area contributed by atoms with Crippen molar-refractivity contribution in [2.24, 2.45) is 7.05 Å². The van der Waals surface area contributed by atoms with Gasteiger partial charge in [-0.05, 0) is 59.4 Å². The van der Waals surface area contributed by atoms with Gasteiger partial charge in [-0.25, -0.2) is 0 Å². The zero-order valence-electron chi connectivity index (χ0n) is 10.0. The zero-order valence-corrected chi connectivity index (χ0v) is 11.6. The van der Waals surface area contributed by atoms with E-state index in [9.17, 15) is 0 Å². The summed E-state index contributed by atoms with van der Waals surface area (Å²) in [5.41, 5.74) is 2.84. The number of nitrogens with one attached hydrogen (secondary N) is 1. The predicted octanol–water partition coefficient (Wildman–Crippen LogP) is 3.41. The Morgan fingerprint density at radius 2 is 2.06 bits per heavy atom. The maximum Gasteiger partial charge on any atom is 0.0492 e. The van der Waals surface area contributed by atoms with Crippen molar-refractivity contribution in [3.8, 4) is 0 Å². The molecule has 0 unspecified atom stereocenters. The summed E-state index contributed by atoms with van der Waals surface area (Å²) < 4.78 is 3.42. The van der Waals surface area contributed by atoms with Crippen LogP contribution in [0.25, 0.3) is 10.9 Å². The molecule has 17 heavy (non-hydrogen) atoms. The fraction of sp³-hybridized carbons (Fsp3) is 0.429. The molecule has 0 bridgehead atoms. The maximum atomic E-state index is 3.70. The minimum Gasteiger partial charge on any atom is -0.349 e. The highest BCUT2D eigenvalue weighted by Crippen LogP contribution is 2.36. The van der Waals surface area contributed by atoms with Crippen LogP contribution in [-0.4, -0.2) is 17.7 Å². The van der Waals surface area contributed by atoms with Crippen LogP contribution in [0.4, 0.5) is 0 Å². The average Bonchev–Trinajstić information content (AvgIpc) is 2.66. The summed E-state index contributed by atoms with van der Waals surface area (Å²) in [4.78, 5) is 0. The Morgan fingerprint density at radius 1 is 1.29 bits per heavy atom. The lowest BCUT2D eigenvalue weighted by Crippen LogP contribution is -2.26. The van der Waals surface area contributed by atoms with E-state index in [2.05, 4.69) is 57.3 Å². The Kier molecular flexibility index (Phi) is 2.97. The van der Waals surface area contributed by atoms with Crippen molar-refractivity contribution in [1.82, 2.24) is 9.88 Å². The molecule has 2 aromatic rings. The third-order valence-electron chi connectivity index (χ3n) is 3.78. The number of benzene rings is 1. The largest absolute Gasteiger partial charge is 0.349 e. The molecular formula is C14H17BrN2. The number of halogens is 1. The third-order valence-corrected chi connectivity index (χ3v) is 4.38. The molecule has 1 fully saturated rings. The number of fused-ring (bicyclic) bond motifs is 1. The summed E-state index contributed by atoms with van der Waals surface area (Å²) in [6.45, 7) is 2.29. The second kappa shape index (κ2) is 4.46. The van der Waals surface area contributed by atoms with E-state index in [1.54, 1.807) is 0 Å². The van der Waals surface area contributed by atoms with Crippen LogP contribution in [-0.2, 0) is 7.05 Å². The van der Waals surface area contributed by atoms with Gasteiger partial charge in [0.2, 0.25) is 0 Å². The number of aromatic nitrogens is 1. The lowest BCUT2D eigenvalue weighted by Gasteiger charge is -2.23. The van der Waals surface area contributed by atoms with E-state index < -0.39 is 0 Å². The van der Waals surface area contributed by atoms with E-state index in [0.29, 0.717) is 5.92 Å². The van der Waals surface area contributed by atoms with E-state index in [4.69, 9.17) is 0 Å². The second-order valence-electron chi connectivity index (χ2n) is 4.85. The number of piperidine rings is 1. The number of aryl methyl sites for hydroxylation is 1. The number of hydrogen-bond acceptors (Lipinski definition) is 1. The van der Waals surface area contributed by atoms with Crippen LogP contribution in [0.3, 0.4) is 0 Å². The molecule has 3 rings (SSSR count). The SMILES string of the molecule is Cn1cc(Br)c2c(C3CCNCC3)cccc21. The molecule has 0 atom stereocenters. The third kappa shape index (κ3) is 1.91. The first kappa shape index (κ1) is 11.3. The molecule has 1 N–H and O–H groups in total. The lowest BCUT2D eigenvalue weighted by atomic mass is 9.88. The van der Waals surface area contributed by atoms with Gasteiger partial charge < -0.3 is 9.88 Å². The van der Waals surface area contributed by atoms with E-state index >= 15 is 0 Å². The van der Waals surface area contributed by atoms with Crippen molar-refractivity contribution in [2.45, 2.75) is 18.8 Å². The van der Waals surface area contributed by atoms with Gasteiger partial charge in [0.1, 0.15) is 0 Å². The molecule has 0 spiro atoms. The minimum atomic E-state index is 0.707. The first-order chi connectivity index (χ1) is 8.27. The number of rotatable bonds is 1. The number of nitrogens with zero attached hydrogens (tertiary/aromatic N) is 1. The topological polar surface area (TPSA) is 17.0 Å². The van der Waals surface area contributed by atoms with E-state index in [1.165, 1.54) is 33.8 Å². The van der Waals surface area contributed by atoms with Gasteiger partial charge in [0.05, 0.1) is 0 Å². The van der Waals surface area contributed by atoms with E-state index in [-0.39, 0.29) is 0 Å². The molecule has 3 heteroatoms. The van der Waals surface area contributed by atoms with Gasteiger partial charge in [0.15, 0.2) is 0 Å². The van der Waals surface area contributed by atoms with Crippen molar-refractivity contribution in [3.63, 3.8) is 0 Å². The molecule has 0 aliphatic carbocycles. The maximum absolute atomic E-state index is 3.70. The summed E-state index contributed by atoms with van der Waals surface area (Å²) in [5, 5.41) is 4.84. The predicted molar refractivity (Wildman–Crippen MR) is 75.5 cm³/mol. The van der Waals surface area contributed by atoms with Crippen molar-refractivity contribution >= 4 is 26.8 Å². The molecule has 0 saturated carbocycles. The first-order valence-corrected chi connectivity index (χ1v) is 7.01. The molecule has 1 saturated heterocycles. The molecule has 1 aromatic heterocycles.